The van der Waals surface area contributed by atoms with E-state index < -0.39 is 32.5 Å². The normalized spacial score (nSPS) is 14.3. The number of rotatable bonds is 37. The van der Waals surface area contributed by atoms with E-state index in [-0.39, 0.29) is 26.1 Å². The van der Waals surface area contributed by atoms with Crippen LogP contribution in [0.5, 0.6) is 0 Å². The highest BCUT2D eigenvalue weighted by Crippen LogP contribution is 2.38. The summed E-state index contributed by atoms with van der Waals surface area (Å²) in [7, 11) is 1.12. The molecule has 0 rings (SSSR count). The minimum atomic E-state index is -4.64. The van der Waals surface area contributed by atoms with Gasteiger partial charge < -0.3 is 27.9 Å². The number of esters is 2. The van der Waals surface area contributed by atoms with E-state index in [1.165, 1.54) is 64.2 Å². The van der Waals surface area contributed by atoms with Crippen LogP contribution in [-0.4, -0.2) is 70.0 Å². The van der Waals surface area contributed by atoms with Gasteiger partial charge in [0.1, 0.15) is 19.8 Å². The quantitative estimate of drug-likeness (QED) is 0.0201. The van der Waals surface area contributed by atoms with Gasteiger partial charge >= 0.3 is 11.9 Å². The predicted molar refractivity (Wildman–Crippen MR) is 222 cm³/mol. The first-order valence-corrected chi connectivity index (χ1v) is 22.5. The Kier molecular flexibility index (Phi) is 34.8. The molecule has 0 amide bonds. The molecule has 0 heterocycles. The van der Waals surface area contributed by atoms with E-state index in [2.05, 4.69) is 68.5 Å². The number of allylic oxidation sites excluding steroid dienone is 10. The molecule has 10 heteroatoms. The number of phosphoric acid groups is 1. The molecule has 54 heavy (non-hydrogen) atoms. The Bertz CT molecular complexity index is 1110. The van der Waals surface area contributed by atoms with Crippen LogP contribution in [-0.2, 0) is 32.7 Å². The zero-order chi connectivity index (χ0) is 40.0. The number of unbranched alkanes of at least 4 members (excludes halogenated alkanes) is 13. The van der Waals surface area contributed by atoms with Gasteiger partial charge in [0.05, 0.1) is 27.7 Å². The second-order valence-electron chi connectivity index (χ2n) is 15.0. The van der Waals surface area contributed by atoms with Crippen molar-refractivity contribution >= 4 is 19.8 Å². The summed E-state index contributed by atoms with van der Waals surface area (Å²) in [6, 6.07) is 0. The van der Waals surface area contributed by atoms with Gasteiger partial charge in [0.2, 0.25) is 0 Å². The van der Waals surface area contributed by atoms with Crippen molar-refractivity contribution in [2.75, 3.05) is 47.5 Å². The lowest BCUT2D eigenvalue weighted by Gasteiger charge is -2.28. The number of carbonyl (C=O) groups excluding carboxylic acids is 2. The molecule has 0 aliphatic carbocycles. The van der Waals surface area contributed by atoms with Gasteiger partial charge in [-0.15, -0.1) is 0 Å². The lowest BCUT2D eigenvalue weighted by atomic mass is 10.0. The molecule has 0 aromatic rings. The number of hydrogen-bond acceptors (Lipinski definition) is 8. The molecule has 2 unspecified atom stereocenters. The fourth-order valence-corrected chi connectivity index (χ4v) is 6.01. The Balaban J connectivity index is 4.50. The highest BCUT2D eigenvalue weighted by Gasteiger charge is 2.21. The van der Waals surface area contributed by atoms with Crippen LogP contribution in [0.15, 0.2) is 60.8 Å². The van der Waals surface area contributed by atoms with E-state index in [0.29, 0.717) is 23.9 Å². The number of quaternary nitrogens is 1. The first kappa shape index (κ1) is 51.7. The fourth-order valence-electron chi connectivity index (χ4n) is 5.28. The topological polar surface area (TPSA) is 111 Å². The van der Waals surface area contributed by atoms with Gasteiger partial charge in [0.15, 0.2) is 6.10 Å². The Morgan fingerprint density at radius 2 is 1.06 bits per heavy atom. The maximum atomic E-state index is 12.6. The molecule has 0 saturated carbocycles. The van der Waals surface area contributed by atoms with Gasteiger partial charge in [-0.3, -0.25) is 14.2 Å². The van der Waals surface area contributed by atoms with Gasteiger partial charge in [-0.2, -0.15) is 0 Å². The van der Waals surface area contributed by atoms with E-state index in [9.17, 15) is 19.0 Å². The van der Waals surface area contributed by atoms with Crippen molar-refractivity contribution in [2.24, 2.45) is 0 Å². The van der Waals surface area contributed by atoms with Crippen LogP contribution in [0.2, 0.25) is 0 Å². The third-order valence-corrected chi connectivity index (χ3v) is 9.52. The Labute approximate surface area is 330 Å². The van der Waals surface area contributed by atoms with E-state index >= 15 is 0 Å². The highest BCUT2D eigenvalue weighted by atomic mass is 31.2. The molecule has 0 saturated heterocycles. The zero-order valence-electron chi connectivity index (χ0n) is 34.9. The summed E-state index contributed by atoms with van der Waals surface area (Å²) < 4.78 is 33.8. The van der Waals surface area contributed by atoms with E-state index in [1.807, 2.05) is 27.2 Å². The largest absolute Gasteiger partial charge is 0.756 e. The minimum absolute atomic E-state index is 0.0430. The monoisotopic (exact) mass is 780 g/mol. The number of ether oxygens (including phenoxy) is 2. The summed E-state index contributed by atoms with van der Waals surface area (Å²) in [5.41, 5.74) is 0. The number of phosphoric ester groups is 1. The smallest absolute Gasteiger partial charge is 0.306 e. The van der Waals surface area contributed by atoms with E-state index in [1.54, 1.807) is 0 Å². The van der Waals surface area contributed by atoms with Crippen molar-refractivity contribution in [1.29, 1.82) is 0 Å². The Morgan fingerprint density at radius 3 is 1.56 bits per heavy atom. The highest BCUT2D eigenvalue weighted by molar-refractivity contribution is 7.45. The lowest BCUT2D eigenvalue weighted by molar-refractivity contribution is -0.870. The molecule has 0 spiro atoms. The number of likely N-dealkylation sites (N-methyl/N-ethyl adjacent to an activating group) is 1. The third kappa shape index (κ3) is 39.4. The fraction of sp³-hybridized carbons (Fsp3) is 0.727. The first-order valence-electron chi connectivity index (χ1n) is 21.0. The average molecular weight is 780 g/mol. The Morgan fingerprint density at radius 1 is 0.593 bits per heavy atom. The molecule has 9 nitrogen and oxygen atoms in total. The van der Waals surface area contributed by atoms with Gasteiger partial charge in [0, 0.05) is 12.8 Å². The van der Waals surface area contributed by atoms with Crippen molar-refractivity contribution in [1.82, 2.24) is 0 Å². The molecule has 2 atom stereocenters. The SMILES string of the molecule is CC/C=C/C/C=C/C/C=C/C/C=C/C/C=C/CCCC(=O)OC(COC(=O)CCCCCCCCCCCCCCC)COP(=O)([O-])OCC[N+](C)(C)C. The summed E-state index contributed by atoms with van der Waals surface area (Å²) in [6.07, 6.45) is 42.5. The number of hydrogen-bond donors (Lipinski definition) is 0. The number of carbonyl (C=O) groups is 2. The maximum absolute atomic E-state index is 12.6. The van der Waals surface area contributed by atoms with E-state index in [0.717, 1.165) is 51.4 Å². The standard InChI is InChI=1S/C44H78NO8P/c1-6-8-10-12-14-16-18-20-21-22-23-25-27-29-31-33-35-37-44(47)53-42(41-52-54(48,49)51-39-38-45(3,4)5)40-50-43(46)36-34-32-30-28-26-24-19-17-15-13-11-9-7-2/h8,10,14,16,20-21,23,25,29,31,42H,6-7,9,11-13,15,17-19,22,24,26-28,30,32-41H2,1-5H3/b10-8+,16-14+,21-20+,25-23+,31-29+. The molecule has 0 N–H and O–H groups in total. The third-order valence-electron chi connectivity index (χ3n) is 8.55. The molecule has 312 valence electrons. The van der Waals surface area contributed by atoms with Crippen LogP contribution in [0.1, 0.15) is 155 Å². The molecule has 0 radical (unpaired) electrons. The van der Waals surface area contributed by atoms with Crippen molar-refractivity contribution in [3.63, 3.8) is 0 Å². The molecule has 0 aliphatic heterocycles. The molecule has 0 aromatic carbocycles. The van der Waals surface area contributed by atoms with Crippen LogP contribution in [0, 0.1) is 0 Å². The van der Waals surface area contributed by atoms with E-state index in [4.69, 9.17) is 18.5 Å². The molecule has 0 bridgehead atoms. The summed E-state index contributed by atoms with van der Waals surface area (Å²) >= 11 is 0. The van der Waals surface area contributed by atoms with Gasteiger partial charge in [-0.1, -0.05) is 152 Å². The summed E-state index contributed by atoms with van der Waals surface area (Å²) in [5, 5.41) is 0. The lowest BCUT2D eigenvalue weighted by Crippen LogP contribution is -2.37. The first-order chi connectivity index (χ1) is 26.0. The molecule has 0 aromatic heterocycles. The van der Waals surface area contributed by atoms with Crippen molar-refractivity contribution < 1.29 is 42.1 Å². The van der Waals surface area contributed by atoms with Gasteiger partial charge in [-0.25, -0.2) is 0 Å². The maximum Gasteiger partial charge on any atom is 0.306 e. The molecular formula is C44H78NO8P. The van der Waals surface area contributed by atoms with Crippen LogP contribution < -0.4 is 4.89 Å². The number of nitrogens with zero attached hydrogens (tertiary/aromatic N) is 1. The second-order valence-corrected chi connectivity index (χ2v) is 16.4. The van der Waals surface area contributed by atoms with Crippen LogP contribution in [0.25, 0.3) is 0 Å². The molecule has 0 fully saturated rings. The van der Waals surface area contributed by atoms with Crippen LogP contribution in [0.4, 0.5) is 0 Å². The average Bonchev–Trinajstić information content (AvgIpc) is 3.12. The second kappa shape index (κ2) is 36.4. The molecular weight excluding hydrogens is 701 g/mol. The minimum Gasteiger partial charge on any atom is -0.756 e. The van der Waals surface area contributed by atoms with Crippen molar-refractivity contribution in [2.45, 2.75) is 161 Å². The summed E-state index contributed by atoms with van der Waals surface area (Å²) in [6.45, 7) is 4.03. The Hall–Kier alpha value is -2.29. The zero-order valence-corrected chi connectivity index (χ0v) is 35.8. The molecule has 0 aliphatic rings. The summed E-state index contributed by atoms with van der Waals surface area (Å²) in [4.78, 5) is 37.4. The predicted octanol–water partition coefficient (Wildman–Crippen LogP) is 11.1. The van der Waals surface area contributed by atoms with Gasteiger partial charge in [0.25, 0.3) is 7.82 Å². The summed E-state index contributed by atoms with van der Waals surface area (Å²) in [5.74, 6) is -0.905. The van der Waals surface area contributed by atoms with Gasteiger partial charge in [-0.05, 0) is 51.4 Å². The van der Waals surface area contributed by atoms with Crippen LogP contribution in [0.3, 0.4) is 0 Å². The van der Waals surface area contributed by atoms with Crippen molar-refractivity contribution in [3.05, 3.63) is 60.8 Å². The van der Waals surface area contributed by atoms with Crippen LogP contribution >= 0.6 is 7.82 Å². The van der Waals surface area contributed by atoms with Crippen molar-refractivity contribution in [3.8, 4) is 0 Å².